The molecule has 3 N–H and O–H groups in total. The summed E-state index contributed by atoms with van der Waals surface area (Å²) in [5.41, 5.74) is 7.51. The first-order valence-electron chi connectivity index (χ1n) is 11.8. The molecule has 4 fully saturated rings. The molecule has 0 aromatic carbocycles. The predicted octanol–water partition coefficient (Wildman–Crippen LogP) is 5.38. The molecule has 9 atom stereocenters. The van der Waals surface area contributed by atoms with Crippen molar-refractivity contribution in [3.63, 3.8) is 0 Å². The summed E-state index contributed by atoms with van der Waals surface area (Å²) in [5.74, 6) is 5.50. The first-order valence-corrected chi connectivity index (χ1v) is 11.8. The van der Waals surface area contributed by atoms with Crippen molar-refractivity contribution in [2.24, 2.45) is 52.1 Å². The molecule has 0 aromatic rings. The lowest BCUT2D eigenvalue weighted by atomic mass is 9.44. The van der Waals surface area contributed by atoms with Gasteiger partial charge in [-0.05, 0) is 117 Å². The van der Waals surface area contributed by atoms with Gasteiger partial charge in [0.05, 0.1) is 0 Å². The average molecular weight is 362 g/mol. The van der Waals surface area contributed by atoms with Gasteiger partial charge in [0.1, 0.15) is 0 Å². The third-order valence-corrected chi connectivity index (χ3v) is 10.3. The van der Waals surface area contributed by atoms with Crippen LogP contribution in [0, 0.1) is 46.3 Å². The van der Waals surface area contributed by atoms with E-state index in [9.17, 15) is 5.11 Å². The highest BCUT2D eigenvalue weighted by atomic mass is 16.2. The van der Waals surface area contributed by atoms with Crippen LogP contribution in [0.4, 0.5) is 0 Å². The molecule has 0 heterocycles. The SMILES string of the molecule is C[C@H](CCCO)[C@H]1CC[C@H]2[C@@H]3CC[C@@H]4C[C@H](N)CC[C@]4(C)[C@H]3CC[C@]12C. The monoisotopic (exact) mass is 361 g/mol. The molecule has 0 unspecified atom stereocenters. The fourth-order valence-electron chi connectivity index (χ4n) is 8.88. The number of rotatable bonds is 4. The zero-order valence-electron chi connectivity index (χ0n) is 17.6. The Kier molecular flexibility index (Phi) is 5.23. The van der Waals surface area contributed by atoms with Gasteiger partial charge in [-0.1, -0.05) is 20.8 Å². The van der Waals surface area contributed by atoms with Gasteiger partial charge >= 0.3 is 0 Å². The fraction of sp³-hybridized carbons (Fsp3) is 1.00. The molecular formula is C24H43NO. The van der Waals surface area contributed by atoms with E-state index in [1.807, 2.05) is 0 Å². The van der Waals surface area contributed by atoms with Crippen LogP contribution in [0.3, 0.4) is 0 Å². The summed E-state index contributed by atoms with van der Waals surface area (Å²) in [6, 6.07) is 0.474. The highest BCUT2D eigenvalue weighted by Crippen LogP contribution is 2.68. The van der Waals surface area contributed by atoms with Crippen molar-refractivity contribution < 1.29 is 5.11 Å². The van der Waals surface area contributed by atoms with Crippen LogP contribution < -0.4 is 5.73 Å². The maximum absolute atomic E-state index is 9.26. The van der Waals surface area contributed by atoms with Crippen molar-refractivity contribution in [1.82, 2.24) is 0 Å². The molecule has 26 heavy (non-hydrogen) atoms. The van der Waals surface area contributed by atoms with Crippen LogP contribution in [-0.4, -0.2) is 17.8 Å². The van der Waals surface area contributed by atoms with Crippen molar-refractivity contribution in [3.05, 3.63) is 0 Å². The molecule has 4 aliphatic carbocycles. The predicted molar refractivity (Wildman–Crippen MR) is 109 cm³/mol. The molecule has 4 aliphatic rings. The summed E-state index contributed by atoms with van der Waals surface area (Å²) >= 11 is 0. The van der Waals surface area contributed by atoms with E-state index in [2.05, 4.69) is 20.8 Å². The first-order chi connectivity index (χ1) is 12.4. The average Bonchev–Trinajstić information content (AvgIpc) is 2.97. The van der Waals surface area contributed by atoms with Gasteiger partial charge < -0.3 is 10.8 Å². The van der Waals surface area contributed by atoms with E-state index in [4.69, 9.17) is 5.73 Å². The Balaban J connectivity index is 1.52. The summed E-state index contributed by atoms with van der Waals surface area (Å²) in [6.45, 7) is 8.15. The second-order valence-electron chi connectivity index (χ2n) is 11.3. The van der Waals surface area contributed by atoms with E-state index in [0.717, 1.165) is 41.9 Å². The van der Waals surface area contributed by atoms with Crippen LogP contribution >= 0.6 is 0 Å². The van der Waals surface area contributed by atoms with E-state index >= 15 is 0 Å². The minimum absolute atomic E-state index is 0.365. The Morgan fingerprint density at radius 1 is 0.962 bits per heavy atom. The molecule has 4 rings (SSSR count). The van der Waals surface area contributed by atoms with E-state index in [1.165, 1.54) is 64.2 Å². The highest BCUT2D eigenvalue weighted by Gasteiger charge is 2.60. The molecule has 2 nitrogen and oxygen atoms in total. The first kappa shape index (κ1) is 19.2. The quantitative estimate of drug-likeness (QED) is 0.706. The standard InChI is InChI=1S/C24H43NO/c1-16(5-4-14-26)20-8-9-21-19-7-6-17-15-18(25)10-12-23(17,2)22(19)11-13-24(20,21)3/h16-22,26H,4-15,25H2,1-3H3/t16-,17-,18-,19+,20-,21+,22+,23+,24-/m1/s1. The summed E-state index contributed by atoms with van der Waals surface area (Å²) in [4.78, 5) is 0. The van der Waals surface area contributed by atoms with Crippen LogP contribution in [0.5, 0.6) is 0 Å². The summed E-state index contributed by atoms with van der Waals surface area (Å²) in [5, 5.41) is 9.26. The van der Waals surface area contributed by atoms with Gasteiger partial charge in [0.25, 0.3) is 0 Å². The van der Waals surface area contributed by atoms with Crippen molar-refractivity contribution in [1.29, 1.82) is 0 Å². The summed E-state index contributed by atoms with van der Waals surface area (Å²) < 4.78 is 0. The second kappa shape index (κ2) is 7.07. The molecule has 0 aliphatic heterocycles. The van der Waals surface area contributed by atoms with Gasteiger partial charge in [-0.2, -0.15) is 0 Å². The van der Waals surface area contributed by atoms with Crippen molar-refractivity contribution in [3.8, 4) is 0 Å². The molecule has 0 bridgehead atoms. The summed E-state index contributed by atoms with van der Waals surface area (Å²) in [7, 11) is 0. The maximum Gasteiger partial charge on any atom is 0.0431 e. The Morgan fingerprint density at radius 3 is 2.46 bits per heavy atom. The molecule has 2 heteroatoms. The maximum atomic E-state index is 9.26. The Bertz CT molecular complexity index is 506. The number of nitrogens with two attached hydrogens (primary N) is 1. The minimum Gasteiger partial charge on any atom is -0.396 e. The third kappa shape index (κ3) is 2.89. The Morgan fingerprint density at radius 2 is 1.69 bits per heavy atom. The van der Waals surface area contributed by atoms with E-state index in [-0.39, 0.29) is 0 Å². The number of fused-ring (bicyclic) bond motifs is 5. The van der Waals surface area contributed by atoms with Crippen LogP contribution in [0.1, 0.15) is 91.4 Å². The summed E-state index contributed by atoms with van der Waals surface area (Å²) in [6.07, 6.45) is 14.9. The molecule has 4 saturated carbocycles. The van der Waals surface area contributed by atoms with Gasteiger partial charge in [-0.25, -0.2) is 0 Å². The molecule has 0 radical (unpaired) electrons. The van der Waals surface area contributed by atoms with Crippen LogP contribution in [0.2, 0.25) is 0 Å². The van der Waals surface area contributed by atoms with E-state index < -0.39 is 0 Å². The van der Waals surface area contributed by atoms with Gasteiger partial charge in [0, 0.05) is 12.6 Å². The largest absolute Gasteiger partial charge is 0.396 e. The Labute approximate surface area is 161 Å². The minimum atomic E-state index is 0.365. The third-order valence-electron chi connectivity index (χ3n) is 10.3. The molecule has 0 amide bonds. The molecular weight excluding hydrogens is 318 g/mol. The lowest BCUT2D eigenvalue weighted by Gasteiger charge is -2.61. The van der Waals surface area contributed by atoms with Gasteiger partial charge in [-0.15, -0.1) is 0 Å². The van der Waals surface area contributed by atoms with Gasteiger partial charge in [0.2, 0.25) is 0 Å². The number of aliphatic hydroxyl groups excluding tert-OH is 1. The second-order valence-corrected chi connectivity index (χ2v) is 11.3. The zero-order chi connectivity index (χ0) is 18.5. The molecule has 0 saturated heterocycles. The van der Waals surface area contributed by atoms with Crippen LogP contribution in [0.25, 0.3) is 0 Å². The fourth-order valence-corrected chi connectivity index (χ4v) is 8.88. The van der Waals surface area contributed by atoms with Gasteiger partial charge in [-0.3, -0.25) is 0 Å². The van der Waals surface area contributed by atoms with E-state index in [1.54, 1.807) is 0 Å². The molecule has 150 valence electrons. The van der Waals surface area contributed by atoms with Gasteiger partial charge in [0.15, 0.2) is 0 Å². The Hall–Kier alpha value is -0.0800. The van der Waals surface area contributed by atoms with E-state index in [0.29, 0.717) is 23.5 Å². The topological polar surface area (TPSA) is 46.2 Å². The van der Waals surface area contributed by atoms with Crippen molar-refractivity contribution in [2.75, 3.05) is 6.61 Å². The number of hydrogen-bond donors (Lipinski definition) is 2. The lowest BCUT2D eigenvalue weighted by Crippen LogP contribution is -2.54. The van der Waals surface area contributed by atoms with Crippen LogP contribution in [-0.2, 0) is 0 Å². The molecule has 0 aromatic heterocycles. The van der Waals surface area contributed by atoms with Crippen molar-refractivity contribution >= 4 is 0 Å². The van der Waals surface area contributed by atoms with Crippen molar-refractivity contribution in [2.45, 2.75) is 97.4 Å². The number of hydrogen-bond acceptors (Lipinski definition) is 2. The molecule has 0 spiro atoms. The lowest BCUT2D eigenvalue weighted by molar-refractivity contribution is -0.116. The van der Waals surface area contributed by atoms with Crippen LogP contribution in [0.15, 0.2) is 0 Å². The zero-order valence-corrected chi connectivity index (χ0v) is 17.6. The highest BCUT2D eigenvalue weighted by molar-refractivity contribution is 5.09. The smallest absolute Gasteiger partial charge is 0.0431 e. The normalized spacial score (nSPS) is 52.0. The number of aliphatic hydroxyl groups is 1.